The van der Waals surface area contributed by atoms with Crippen LogP contribution in [0.25, 0.3) is 0 Å². The van der Waals surface area contributed by atoms with Gasteiger partial charge in [-0.05, 0) is 31.4 Å². The highest BCUT2D eigenvalue weighted by Crippen LogP contribution is 2.19. The Kier molecular flexibility index (Phi) is 6.06. The molecule has 0 atom stereocenters. The van der Waals surface area contributed by atoms with E-state index in [0.29, 0.717) is 12.8 Å². The first-order chi connectivity index (χ1) is 9.02. The van der Waals surface area contributed by atoms with Crippen LogP contribution in [0.15, 0.2) is 24.3 Å². The fourth-order valence-corrected chi connectivity index (χ4v) is 1.97. The summed E-state index contributed by atoms with van der Waals surface area (Å²) in [6.07, 6.45) is 2.80. The van der Waals surface area contributed by atoms with Crippen molar-refractivity contribution < 1.29 is 14.7 Å². The van der Waals surface area contributed by atoms with E-state index in [0.717, 1.165) is 24.1 Å². The average molecular weight is 263 g/mol. The summed E-state index contributed by atoms with van der Waals surface area (Å²) in [6, 6.07) is 7.77. The minimum atomic E-state index is -0.775. The lowest BCUT2D eigenvalue weighted by Gasteiger charge is -2.19. The number of hydrogen-bond acceptors (Lipinski definition) is 2. The number of aryl methyl sites for hydroxylation is 1. The normalized spacial score (nSPS) is 10.2. The molecule has 0 radical (unpaired) electrons. The van der Waals surface area contributed by atoms with Gasteiger partial charge in [-0.15, -0.1) is 0 Å². The fourth-order valence-electron chi connectivity index (χ4n) is 1.97. The highest BCUT2D eigenvalue weighted by atomic mass is 16.4. The van der Waals surface area contributed by atoms with Crippen molar-refractivity contribution in [1.29, 1.82) is 0 Å². The van der Waals surface area contributed by atoms with Crippen molar-refractivity contribution in [3.05, 3.63) is 29.8 Å². The van der Waals surface area contributed by atoms with E-state index < -0.39 is 5.97 Å². The minimum Gasteiger partial charge on any atom is -0.481 e. The minimum absolute atomic E-state index is 0.0737. The SMILES string of the molecule is Cc1ccccc1N(C)C(=O)CCCCCC(=O)O. The Labute approximate surface area is 114 Å². The maximum atomic E-state index is 12.0. The van der Waals surface area contributed by atoms with Crippen LogP contribution in [0.2, 0.25) is 0 Å². The summed E-state index contributed by atoms with van der Waals surface area (Å²) in [6.45, 7) is 1.98. The molecule has 1 rings (SSSR count). The molecule has 4 nitrogen and oxygen atoms in total. The second kappa shape index (κ2) is 7.56. The molecule has 0 aliphatic carbocycles. The Morgan fingerprint density at radius 2 is 1.74 bits per heavy atom. The van der Waals surface area contributed by atoms with Crippen molar-refractivity contribution >= 4 is 17.6 Å². The lowest BCUT2D eigenvalue weighted by Crippen LogP contribution is -2.26. The van der Waals surface area contributed by atoms with Crippen LogP contribution in [0.4, 0.5) is 5.69 Å². The van der Waals surface area contributed by atoms with Crippen LogP contribution in [0.3, 0.4) is 0 Å². The van der Waals surface area contributed by atoms with Crippen LogP contribution in [0.5, 0.6) is 0 Å². The summed E-state index contributed by atoms with van der Waals surface area (Å²) in [7, 11) is 1.78. The van der Waals surface area contributed by atoms with E-state index in [9.17, 15) is 9.59 Å². The molecule has 0 saturated heterocycles. The number of carboxylic acid groups (broad SMARTS) is 1. The molecule has 1 aromatic rings. The van der Waals surface area contributed by atoms with Gasteiger partial charge in [0.2, 0.25) is 5.91 Å². The molecule has 1 aromatic carbocycles. The van der Waals surface area contributed by atoms with Crippen molar-refractivity contribution in [3.8, 4) is 0 Å². The Hall–Kier alpha value is -1.84. The lowest BCUT2D eigenvalue weighted by molar-refractivity contribution is -0.137. The van der Waals surface area contributed by atoms with Gasteiger partial charge in [0, 0.05) is 25.6 Å². The zero-order valence-electron chi connectivity index (χ0n) is 11.6. The van der Waals surface area contributed by atoms with Gasteiger partial charge in [-0.1, -0.05) is 24.6 Å². The predicted octanol–water partition coefficient (Wildman–Crippen LogP) is 2.99. The first-order valence-electron chi connectivity index (χ1n) is 6.56. The Morgan fingerprint density at radius 3 is 2.37 bits per heavy atom. The summed E-state index contributed by atoms with van der Waals surface area (Å²) in [5, 5.41) is 8.51. The lowest BCUT2D eigenvalue weighted by atomic mass is 10.1. The molecule has 104 valence electrons. The van der Waals surface area contributed by atoms with Crippen LogP contribution in [0.1, 0.15) is 37.7 Å². The van der Waals surface area contributed by atoms with E-state index in [-0.39, 0.29) is 12.3 Å². The van der Waals surface area contributed by atoms with Gasteiger partial charge in [-0.25, -0.2) is 0 Å². The summed E-state index contributed by atoms with van der Waals surface area (Å²) < 4.78 is 0. The summed E-state index contributed by atoms with van der Waals surface area (Å²) >= 11 is 0. The number of benzene rings is 1. The highest BCUT2D eigenvalue weighted by molar-refractivity contribution is 5.93. The highest BCUT2D eigenvalue weighted by Gasteiger charge is 2.11. The van der Waals surface area contributed by atoms with Gasteiger partial charge in [0.05, 0.1) is 0 Å². The Balaban J connectivity index is 2.37. The molecule has 1 amide bonds. The van der Waals surface area contributed by atoms with Crippen molar-refractivity contribution in [2.45, 2.75) is 39.0 Å². The number of aliphatic carboxylic acids is 1. The maximum absolute atomic E-state index is 12.0. The molecule has 0 saturated carbocycles. The monoisotopic (exact) mass is 263 g/mol. The van der Waals surface area contributed by atoms with Crippen LogP contribution < -0.4 is 4.90 Å². The number of carboxylic acids is 1. The van der Waals surface area contributed by atoms with Crippen molar-refractivity contribution in [2.75, 3.05) is 11.9 Å². The topological polar surface area (TPSA) is 57.6 Å². The number of anilines is 1. The third kappa shape index (κ3) is 5.12. The summed E-state index contributed by atoms with van der Waals surface area (Å²) in [5.74, 6) is -0.701. The molecule has 19 heavy (non-hydrogen) atoms. The number of para-hydroxylation sites is 1. The number of hydrogen-bond donors (Lipinski definition) is 1. The van der Waals surface area contributed by atoms with Gasteiger partial charge in [-0.2, -0.15) is 0 Å². The number of nitrogens with zero attached hydrogens (tertiary/aromatic N) is 1. The van der Waals surface area contributed by atoms with Crippen LogP contribution >= 0.6 is 0 Å². The van der Waals surface area contributed by atoms with Crippen molar-refractivity contribution in [2.24, 2.45) is 0 Å². The molecule has 0 aliphatic heterocycles. The number of amides is 1. The molecule has 4 heteroatoms. The standard InChI is InChI=1S/C15H21NO3/c1-12-8-6-7-9-13(12)16(2)14(17)10-4-3-5-11-15(18)19/h6-9H,3-5,10-11H2,1-2H3,(H,18,19). The van der Waals surface area contributed by atoms with Gasteiger partial charge in [0.25, 0.3) is 0 Å². The van der Waals surface area contributed by atoms with Crippen molar-refractivity contribution in [3.63, 3.8) is 0 Å². The third-order valence-electron chi connectivity index (χ3n) is 3.13. The molecule has 0 unspecified atom stereocenters. The maximum Gasteiger partial charge on any atom is 0.303 e. The molecule has 0 aliphatic rings. The third-order valence-corrected chi connectivity index (χ3v) is 3.13. The molecule has 0 fully saturated rings. The molecular formula is C15H21NO3. The number of rotatable bonds is 7. The van der Waals surface area contributed by atoms with Gasteiger partial charge in [-0.3, -0.25) is 9.59 Å². The van der Waals surface area contributed by atoms with E-state index in [1.165, 1.54) is 0 Å². The van der Waals surface area contributed by atoms with Crippen LogP contribution in [-0.2, 0) is 9.59 Å². The quantitative estimate of drug-likeness (QED) is 0.769. The second-order valence-corrected chi connectivity index (χ2v) is 4.69. The number of carbonyl (C=O) groups excluding carboxylic acids is 1. The first-order valence-corrected chi connectivity index (χ1v) is 6.56. The van der Waals surface area contributed by atoms with Crippen LogP contribution in [-0.4, -0.2) is 24.0 Å². The molecule has 1 N–H and O–H groups in total. The van der Waals surface area contributed by atoms with Gasteiger partial charge in [0.1, 0.15) is 0 Å². The molecular weight excluding hydrogens is 242 g/mol. The molecule has 0 bridgehead atoms. The first kappa shape index (κ1) is 15.2. The zero-order chi connectivity index (χ0) is 14.3. The van der Waals surface area contributed by atoms with E-state index in [1.807, 2.05) is 31.2 Å². The molecule has 0 aromatic heterocycles. The number of carbonyl (C=O) groups is 2. The van der Waals surface area contributed by atoms with Gasteiger partial charge >= 0.3 is 5.97 Å². The van der Waals surface area contributed by atoms with E-state index >= 15 is 0 Å². The Bertz CT molecular complexity index is 443. The molecule has 0 spiro atoms. The van der Waals surface area contributed by atoms with Gasteiger partial charge in [0.15, 0.2) is 0 Å². The van der Waals surface area contributed by atoms with E-state index in [1.54, 1.807) is 11.9 Å². The predicted molar refractivity (Wildman–Crippen MR) is 75.3 cm³/mol. The molecule has 0 heterocycles. The summed E-state index contributed by atoms with van der Waals surface area (Å²) in [5.41, 5.74) is 2.00. The second-order valence-electron chi connectivity index (χ2n) is 4.69. The van der Waals surface area contributed by atoms with E-state index in [4.69, 9.17) is 5.11 Å². The van der Waals surface area contributed by atoms with Crippen molar-refractivity contribution in [1.82, 2.24) is 0 Å². The van der Waals surface area contributed by atoms with Gasteiger partial charge < -0.3 is 10.0 Å². The largest absolute Gasteiger partial charge is 0.481 e. The van der Waals surface area contributed by atoms with E-state index in [2.05, 4.69) is 0 Å². The fraction of sp³-hybridized carbons (Fsp3) is 0.467. The number of unbranched alkanes of at least 4 members (excludes halogenated alkanes) is 2. The Morgan fingerprint density at radius 1 is 1.11 bits per heavy atom. The average Bonchev–Trinajstić information content (AvgIpc) is 2.37. The summed E-state index contributed by atoms with van der Waals surface area (Å²) in [4.78, 5) is 24.0. The smallest absolute Gasteiger partial charge is 0.303 e. The zero-order valence-corrected chi connectivity index (χ0v) is 11.6. The van der Waals surface area contributed by atoms with Crippen LogP contribution in [0, 0.1) is 6.92 Å².